The molecular weight excluding hydrogens is 585 g/mol. The Kier molecular flexibility index (Phi) is 10.7. The van der Waals surface area contributed by atoms with Gasteiger partial charge in [-0.1, -0.05) is 65.3 Å². The highest BCUT2D eigenvalue weighted by atomic mass is 79.9. The van der Waals surface area contributed by atoms with Crippen molar-refractivity contribution in [2.24, 2.45) is 0 Å². The molecule has 0 spiro atoms. The zero-order valence-corrected chi connectivity index (χ0v) is 24.6. The fourth-order valence-electron chi connectivity index (χ4n) is 4.00. The summed E-state index contributed by atoms with van der Waals surface area (Å²) in [4.78, 5) is 29.0. The van der Waals surface area contributed by atoms with Crippen molar-refractivity contribution in [2.45, 2.75) is 45.3 Å². The first kappa shape index (κ1) is 30.3. The lowest BCUT2D eigenvalue weighted by Gasteiger charge is -2.34. The van der Waals surface area contributed by atoms with Gasteiger partial charge >= 0.3 is 0 Å². The number of nitrogens with zero attached hydrogens (tertiary/aromatic N) is 2. The highest BCUT2D eigenvalue weighted by Gasteiger charge is 2.33. The number of benzene rings is 3. The molecule has 0 aliphatic heterocycles. The Morgan fingerprint density at radius 1 is 0.949 bits per heavy atom. The Hall–Kier alpha value is -3.24. The van der Waals surface area contributed by atoms with E-state index in [1.165, 1.54) is 17.0 Å². The van der Waals surface area contributed by atoms with Crippen molar-refractivity contribution in [1.82, 2.24) is 10.2 Å². The molecule has 1 N–H and O–H groups in total. The molecule has 10 heteroatoms. The van der Waals surface area contributed by atoms with Crippen molar-refractivity contribution in [3.63, 3.8) is 0 Å². The average molecular weight is 619 g/mol. The van der Waals surface area contributed by atoms with Gasteiger partial charge in [-0.25, -0.2) is 12.8 Å². The molecule has 7 nitrogen and oxygen atoms in total. The summed E-state index contributed by atoms with van der Waals surface area (Å²) in [6.45, 7) is 3.37. The Morgan fingerprint density at radius 2 is 1.56 bits per heavy atom. The van der Waals surface area contributed by atoms with E-state index in [1.807, 2.05) is 68.4 Å². The molecule has 3 rings (SSSR count). The SMILES string of the molecule is CCC(C)NC(=O)C(Cc1ccccc1)N(Cc1ccc(Br)cc1)C(=O)CN(c1ccc(F)cc1)S(C)(=O)=O. The van der Waals surface area contributed by atoms with Crippen LogP contribution in [0.1, 0.15) is 31.4 Å². The highest BCUT2D eigenvalue weighted by molar-refractivity contribution is 9.10. The van der Waals surface area contributed by atoms with Gasteiger partial charge in [0.2, 0.25) is 21.8 Å². The predicted octanol–water partition coefficient (Wildman–Crippen LogP) is 4.91. The van der Waals surface area contributed by atoms with Crippen molar-refractivity contribution in [2.75, 3.05) is 17.1 Å². The lowest BCUT2D eigenvalue weighted by Crippen LogP contribution is -2.54. The van der Waals surface area contributed by atoms with E-state index in [0.717, 1.165) is 38.3 Å². The van der Waals surface area contributed by atoms with Crippen molar-refractivity contribution < 1.29 is 22.4 Å². The number of nitrogens with one attached hydrogen (secondary N) is 1. The maximum absolute atomic E-state index is 14.0. The van der Waals surface area contributed by atoms with Gasteiger partial charge < -0.3 is 10.2 Å². The smallest absolute Gasteiger partial charge is 0.244 e. The molecule has 0 heterocycles. The van der Waals surface area contributed by atoms with E-state index in [1.54, 1.807) is 0 Å². The number of hydrogen-bond acceptors (Lipinski definition) is 4. The largest absolute Gasteiger partial charge is 0.352 e. The van der Waals surface area contributed by atoms with E-state index in [9.17, 15) is 22.4 Å². The number of carbonyl (C=O) groups excluding carboxylic acids is 2. The van der Waals surface area contributed by atoms with Gasteiger partial charge in [0.1, 0.15) is 18.4 Å². The van der Waals surface area contributed by atoms with E-state index in [2.05, 4.69) is 21.2 Å². The van der Waals surface area contributed by atoms with Gasteiger partial charge in [0.25, 0.3) is 0 Å². The Bertz CT molecular complexity index is 1350. The highest BCUT2D eigenvalue weighted by Crippen LogP contribution is 2.21. The topological polar surface area (TPSA) is 86.8 Å². The second-order valence-corrected chi connectivity index (χ2v) is 12.2. The molecule has 0 aromatic heterocycles. The first-order valence-corrected chi connectivity index (χ1v) is 15.2. The molecule has 2 amide bonds. The monoisotopic (exact) mass is 617 g/mol. The zero-order chi connectivity index (χ0) is 28.6. The van der Waals surface area contributed by atoms with Gasteiger partial charge in [0.05, 0.1) is 11.9 Å². The van der Waals surface area contributed by atoms with E-state index in [4.69, 9.17) is 0 Å². The van der Waals surface area contributed by atoms with Gasteiger partial charge in [0, 0.05) is 23.5 Å². The zero-order valence-electron chi connectivity index (χ0n) is 22.2. The van der Waals surface area contributed by atoms with Gasteiger partial charge in [-0.15, -0.1) is 0 Å². The summed E-state index contributed by atoms with van der Waals surface area (Å²) < 4.78 is 40.8. The number of sulfonamides is 1. The Morgan fingerprint density at radius 3 is 2.13 bits per heavy atom. The minimum absolute atomic E-state index is 0.0819. The first-order chi connectivity index (χ1) is 18.5. The van der Waals surface area contributed by atoms with Crippen LogP contribution in [0.3, 0.4) is 0 Å². The van der Waals surface area contributed by atoms with Crippen LogP contribution in [-0.2, 0) is 32.6 Å². The van der Waals surface area contributed by atoms with Crippen LogP contribution in [0.2, 0.25) is 0 Å². The number of hydrogen-bond donors (Lipinski definition) is 1. The molecule has 0 aliphatic rings. The van der Waals surface area contributed by atoms with Crippen molar-refractivity contribution in [1.29, 1.82) is 0 Å². The molecule has 0 saturated heterocycles. The Balaban J connectivity index is 2.04. The summed E-state index contributed by atoms with van der Waals surface area (Å²) in [6, 6.07) is 20.6. The average Bonchev–Trinajstić information content (AvgIpc) is 2.90. The van der Waals surface area contributed by atoms with Crippen LogP contribution >= 0.6 is 15.9 Å². The van der Waals surface area contributed by atoms with E-state index >= 15 is 0 Å². The van der Waals surface area contributed by atoms with Crippen LogP contribution in [0.25, 0.3) is 0 Å². The summed E-state index contributed by atoms with van der Waals surface area (Å²) in [6.07, 6.45) is 1.93. The van der Waals surface area contributed by atoms with E-state index in [-0.39, 0.29) is 30.6 Å². The molecule has 208 valence electrons. The second-order valence-electron chi connectivity index (χ2n) is 9.42. The van der Waals surface area contributed by atoms with Gasteiger partial charge in [-0.3, -0.25) is 13.9 Å². The number of carbonyl (C=O) groups is 2. The molecule has 0 fully saturated rings. The molecule has 0 bridgehead atoms. The van der Waals surface area contributed by atoms with E-state index < -0.39 is 34.3 Å². The molecule has 3 aromatic carbocycles. The molecule has 3 aromatic rings. The fourth-order valence-corrected chi connectivity index (χ4v) is 5.12. The minimum Gasteiger partial charge on any atom is -0.352 e. The summed E-state index contributed by atoms with van der Waals surface area (Å²) in [5, 5.41) is 2.99. The molecule has 0 saturated carbocycles. The number of anilines is 1. The van der Waals surface area contributed by atoms with Crippen LogP contribution in [0, 0.1) is 5.82 Å². The summed E-state index contributed by atoms with van der Waals surface area (Å²) in [5.74, 6) is -1.42. The van der Waals surface area contributed by atoms with Crippen LogP contribution < -0.4 is 9.62 Å². The maximum atomic E-state index is 14.0. The standard InChI is InChI=1S/C29H33BrFN3O4S/c1-4-21(2)32-29(36)27(18-22-8-6-5-7-9-22)33(19-23-10-12-24(30)13-11-23)28(35)20-34(39(3,37)38)26-16-14-25(31)15-17-26/h5-17,21,27H,4,18-20H2,1-3H3,(H,32,36). The molecule has 0 radical (unpaired) electrons. The quantitative estimate of drug-likeness (QED) is 0.313. The van der Waals surface area contributed by atoms with Crippen LogP contribution in [0.15, 0.2) is 83.3 Å². The van der Waals surface area contributed by atoms with E-state index in [0.29, 0.717) is 6.42 Å². The van der Waals surface area contributed by atoms with Gasteiger partial charge in [-0.05, 0) is 60.9 Å². The molecule has 39 heavy (non-hydrogen) atoms. The third-order valence-electron chi connectivity index (χ3n) is 6.33. The Labute approximate surface area is 238 Å². The summed E-state index contributed by atoms with van der Waals surface area (Å²) in [5.41, 5.74) is 1.78. The lowest BCUT2D eigenvalue weighted by atomic mass is 10.0. The van der Waals surface area contributed by atoms with Crippen LogP contribution in [0.4, 0.5) is 10.1 Å². The molecule has 2 atom stereocenters. The number of rotatable bonds is 12. The summed E-state index contributed by atoms with van der Waals surface area (Å²) in [7, 11) is -3.91. The third-order valence-corrected chi connectivity index (χ3v) is 8.00. The number of amides is 2. The number of halogens is 2. The first-order valence-electron chi connectivity index (χ1n) is 12.6. The molecular formula is C29H33BrFN3O4S. The lowest BCUT2D eigenvalue weighted by molar-refractivity contribution is -0.140. The molecule has 0 aliphatic carbocycles. The maximum Gasteiger partial charge on any atom is 0.244 e. The third kappa shape index (κ3) is 8.90. The van der Waals surface area contributed by atoms with Crippen molar-refractivity contribution in [3.8, 4) is 0 Å². The summed E-state index contributed by atoms with van der Waals surface area (Å²) >= 11 is 3.41. The molecule has 2 unspecified atom stereocenters. The second kappa shape index (κ2) is 13.7. The van der Waals surface area contributed by atoms with Crippen LogP contribution in [-0.4, -0.2) is 50.0 Å². The van der Waals surface area contributed by atoms with Gasteiger partial charge in [-0.2, -0.15) is 0 Å². The predicted molar refractivity (Wildman–Crippen MR) is 155 cm³/mol. The fraction of sp³-hybridized carbons (Fsp3) is 0.310. The van der Waals surface area contributed by atoms with Crippen molar-refractivity contribution >= 4 is 43.5 Å². The van der Waals surface area contributed by atoms with Crippen molar-refractivity contribution in [3.05, 3.63) is 100 Å². The van der Waals surface area contributed by atoms with Crippen LogP contribution in [0.5, 0.6) is 0 Å². The normalized spacial score (nSPS) is 12.8. The van der Waals surface area contributed by atoms with Gasteiger partial charge in [0.15, 0.2) is 0 Å². The minimum atomic E-state index is -3.91.